The summed E-state index contributed by atoms with van der Waals surface area (Å²) < 4.78 is 0. The molecule has 1 aromatic carbocycles. The van der Waals surface area contributed by atoms with Gasteiger partial charge in [0, 0.05) is 5.92 Å². The fraction of sp³-hybridized carbons (Fsp3) is 0.591. The van der Waals surface area contributed by atoms with E-state index in [1.54, 1.807) is 0 Å². The molecule has 0 heterocycles. The minimum atomic E-state index is 0.0235. The first-order chi connectivity index (χ1) is 11.1. The molecule has 1 heteroatoms. The lowest BCUT2D eigenvalue weighted by Crippen LogP contribution is -2.01. The van der Waals surface area contributed by atoms with E-state index in [0.717, 1.165) is 12.7 Å². The summed E-state index contributed by atoms with van der Waals surface area (Å²) in [6.45, 7) is 8.68. The Labute approximate surface area is 143 Å². The van der Waals surface area contributed by atoms with Crippen molar-refractivity contribution in [2.75, 3.05) is 0 Å². The first-order valence-electron chi connectivity index (χ1n) is 9.34. The maximum atomic E-state index is 11.2. The molecule has 0 aliphatic carbocycles. The van der Waals surface area contributed by atoms with E-state index in [1.165, 1.54) is 55.2 Å². The number of hydrogen-bond donors (Lipinski definition) is 0. The van der Waals surface area contributed by atoms with Crippen molar-refractivity contribution in [2.45, 2.75) is 78.6 Å². The molecule has 1 aromatic rings. The van der Waals surface area contributed by atoms with Crippen molar-refractivity contribution in [2.24, 2.45) is 5.92 Å². The van der Waals surface area contributed by atoms with Crippen molar-refractivity contribution in [3.05, 3.63) is 41.0 Å². The molecule has 0 N–H and O–H groups in total. The molecular weight excluding hydrogens is 280 g/mol. The van der Waals surface area contributed by atoms with Crippen molar-refractivity contribution in [1.29, 1.82) is 0 Å². The Kier molecular flexibility index (Phi) is 9.59. The van der Waals surface area contributed by atoms with Crippen LogP contribution in [0.4, 0.5) is 0 Å². The van der Waals surface area contributed by atoms with Gasteiger partial charge in [-0.05, 0) is 29.9 Å². The lowest BCUT2D eigenvalue weighted by atomic mass is 9.93. The van der Waals surface area contributed by atoms with Crippen LogP contribution in [0.25, 0.3) is 6.08 Å². The van der Waals surface area contributed by atoms with Gasteiger partial charge in [-0.2, -0.15) is 0 Å². The summed E-state index contributed by atoms with van der Waals surface area (Å²) in [5, 5.41) is 0. The zero-order chi connectivity index (χ0) is 17.1. The highest BCUT2D eigenvalue weighted by Gasteiger charge is 2.08. The zero-order valence-corrected chi connectivity index (χ0v) is 15.5. The third kappa shape index (κ3) is 7.63. The smallest absolute Gasteiger partial charge is 0.126 e. The number of allylic oxidation sites excluding steroid dienone is 1. The Bertz CT molecular complexity index is 467. The van der Waals surface area contributed by atoms with Crippen molar-refractivity contribution in [1.82, 2.24) is 0 Å². The van der Waals surface area contributed by atoms with Crippen LogP contribution in [0.15, 0.2) is 29.8 Å². The van der Waals surface area contributed by atoms with Crippen molar-refractivity contribution >= 4 is 12.4 Å². The minimum absolute atomic E-state index is 0.0235. The molecule has 0 aliphatic heterocycles. The van der Waals surface area contributed by atoms with Crippen LogP contribution in [0.3, 0.4) is 0 Å². The molecule has 1 atom stereocenters. The number of benzene rings is 1. The van der Waals surface area contributed by atoms with E-state index in [0.29, 0.717) is 5.92 Å². The lowest BCUT2D eigenvalue weighted by Gasteiger charge is -2.12. The summed E-state index contributed by atoms with van der Waals surface area (Å²) in [7, 11) is 0. The van der Waals surface area contributed by atoms with Crippen LogP contribution < -0.4 is 0 Å². The second-order valence-corrected chi connectivity index (χ2v) is 6.98. The predicted octanol–water partition coefficient (Wildman–Crippen LogP) is 6.78. The van der Waals surface area contributed by atoms with Crippen LogP contribution in [-0.2, 0) is 4.79 Å². The van der Waals surface area contributed by atoms with Gasteiger partial charge in [0.25, 0.3) is 0 Å². The quantitative estimate of drug-likeness (QED) is 0.325. The molecule has 0 saturated carbocycles. The van der Waals surface area contributed by atoms with Crippen LogP contribution in [0.1, 0.15) is 89.7 Å². The Balaban J connectivity index is 2.63. The predicted molar refractivity (Wildman–Crippen MR) is 102 cm³/mol. The molecule has 0 saturated heterocycles. The van der Waals surface area contributed by atoms with Crippen LogP contribution in [0.5, 0.6) is 0 Å². The Hall–Kier alpha value is -1.37. The maximum Gasteiger partial charge on any atom is 0.126 e. The van der Waals surface area contributed by atoms with E-state index in [2.05, 4.69) is 51.1 Å². The molecule has 1 unspecified atom stereocenters. The molecule has 0 radical (unpaired) electrons. The van der Waals surface area contributed by atoms with E-state index in [9.17, 15) is 4.79 Å². The average Bonchev–Trinajstić information content (AvgIpc) is 2.56. The van der Waals surface area contributed by atoms with Crippen molar-refractivity contribution < 1.29 is 4.79 Å². The molecule has 1 nitrogen and oxygen atoms in total. The Morgan fingerprint density at radius 1 is 0.957 bits per heavy atom. The van der Waals surface area contributed by atoms with E-state index >= 15 is 0 Å². The summed E-state index contributed by atoms with van der Waals surface area (Å²) in [4.78, 5) is 11.2. The normalized spacial score (nSPS) is 13.3. The molecule has 0 fully saturated rings. The molecule has 1 rings (SSSR count). The second kappa shape index (κ2) is 11.2. The number of carbonyl (C=O) groups is 1. The van der Waals surface area contributed by atoms with E-state index < -0.39 is 0 Å². The molecule has 0 spiro atoms. The monoisotopic (exact) mass is 314 g/mol. The number of aldehydes is 1. The van der Waals surface area contributed by atoms with Crippen LogP contribution >= 0.6 is 0 Å². The SMILES string of the molecule is CCCCCCCCC(=Cc1ccc(C(C)C)cc1)C(C)C=O. The van der Waals surface area contributed by atoms with E-state index in [-0.39, 0.29) is 5.92 Å². The summed E-state index contributed by atoms with van der Waals surface area (Å²) in [5.74, 6) is 0.583. The maximum absolute atomic E-state index is 11.2. The largest absolute Gasteiger partial charge is 0.303 e. The van der Waals surface area contributed by atoms with E-state index in [1.807, 2.05) is 6.92 Å². The summed E-state index contributed by atoms with van der Waals surface area (Å²) in [5.41, 5.74) is 3.85. The summed E-state index contributed by atoms with van der Waals surface area (Å²) in [6.07, 6.45) is 12.1. The van der Waals surface area contributed by atoms with Crippen LogP contribution in [0.2, 0.25) is 0 Å². The van der Waals surface area contributed by atoms with Gasteiger partial charge >= 0.3 is 0 Å². The van der Waals surface area contributed by atoms with Gasteiger partial charge in [0.05, 0.1) is 0 Å². The highest BCUT2D eigenvalue weighted by Crippen LogP contribution is 2.22. The van der Waals surface area contributed by atoms with Gasteiger partial charge in [0.2, 0.25) is 0 Å². The topological polar surface area (TPSA) is 17.1 Å². The second-order valence-electron chi connectivity index (χ2n) is 6.98. The summed E-state index contributed by atoms with van der Waals surface area (Å²) >= 11 is 0. The first-order valence-corrected chi connectivity index (χ1v) is 9.34. The molecule has 23 heavy (non-hydrogen) atoms. The van der Waals surface area contributed by atoms with Gasteiger partial charge in [-0.15, -0.1) is 0 Å². The van der Waals surface area contributed by atoms with Crippen molar-refractivity contribution in [3.63, 3.8) is 0 Å². The minimum Gasteiger partial charge on any atom is -0.303 e. The van der Waals surface area contributed by atoms with Gasteiger partial charge < -0.3 is 4.79 Å². The molecule has 0 aliphatic rings. The molecule has 0 bridgehead atoms. The van der Waals surface area contributed by atoms with Gasteiger partial charge in [-0.25, -0.2) is 0 Å². The van der Waals surface area contributed by atoms with E-state index in [4.69, 9.17) is 0 Å². The number of rotatable bonds is 11. The fourth-order valence-electron chi connectivity index (χ4n) is 2.82. The van der Waals surface area contributed by atoms with Crippen LogP contribution in [-0.4, -0.2) is 6.29 Å². The Morgan fingerprint density at radius 3 is 2.13 bits per heavy atom. The van der Waals surface area contributed by atoms with Crippen LogP contribution in [0, 0.1) is 5.92 Å². The Morgan fingerprint density at radius 2 is 1.57 bits per heavy atom. The fourth-order valence-corrected chi connectivity index (χ4v) is 2.82. The summed E-state index contributed by atoms with van der Waals surface area (Å²) in [6, 6.07) is 8.75. The average molecular weight is 315 g/mol. The van der Waals surface area contributed by atoms with Crippen molar-refractivity contribution in [3.8, 4) is 0 Å². The van der Waals surface area contributed by atoms with Gasteiger partial charge in [-0.1, -0.05) is 95.7 Å². The molecule has 128 valence electrons. The third-order valence-corrected chi connectivity index (χ3v) is 4.56. The van der Waals surface area contributed by atoms with Gasteiger partial charge in [-0.3, -0.25) is 0 Å². The van der Waals surface area contributed by atoms with Gasteiger partial charge in [0.1, 0.15) is 6.29 Å². The highest BCUT2D eigenvalue weighted by atomic mass is 16.1. The standard InChI is InChI=1S/C22H34O/c1-5-6-7-8-9-10-11-22(19(4)17-23)16-20-12-14-21(15-13-20)18(2)3/h12-19H,5-11H2,1-4H3. The molecule has 0 aromatic heterocycles. The number of hydrogen-bond acceptors (Lipinski definition) is 1. The highest BCUT2D eigenvalue weighted by molar-refractivity contribution is 5.64. The molecular formula is C22H34O. The number of unbranched alkanes of at least 4 members (excludes halogenated alkanes) is 5. The number of carbonyl (C=O) groups excluding carboxylic acids is 1. The molecule has 0 amide bonds. The van der Waals surface area contributed by atoms with Gasteiger partial charge in [0.15, 0.2) is 0 Å². The lowest BCUT2D eigenvalue weighted by molar-refractivity contribution is -0.109. The first kappa shape index (κ1) is 19.7. The third-order valence-electron chi connectivity index (χ3n) is 4.56. The zero-order valence-electron chi connectivity index (χ0n) is 15.5.